The first-order valence-corrected chi connectivity index (χ1v) is 10.1. The maximum atomic E-state index is 10.7. The van der Waals surface area contributed by atoms with Crippen LogP contribution in [0.1, 0.15) is 37.0 Å². The summed E-state index contributed by atoms with van der Waals surface area (Å²) in [6.45, 7) is 4.16. The van der Waals surface area contributed by atoms with E-state index in [0.717, 1.165) is 34.6 Å². The Hall–Kier alpha value is -1.11. The molecular weight excluding hydrogens is 425 g/mol. The number of halogens is 1. The molecule has 1 heterocycles. The minimum atomic E-state index is -0.528. The van der Waals surface area contributed by atoms with Crippen LogP contribution in [0.15, 0.2) is 48.5 Å². The van der Waals surface area contributed by atoms with Gasteiger partial charge in [-0.1, -0.05) is 36.4 Å². The average molecular weight is 451 g/mol. The lowest BCUT2D eigenvalue weighted by atomic mass is 9.89. The summed E-state index contributed by atoms with van der Waals surface area (Å²) in [5, 5.41) is 20.4. The highest BCUT2D eigenvalue weighted by atomic mass is 127. The molecule has 3 rings (SSSR count). The van der Waals surface area contributed by atoms with Gasteiger partial charge in [0.25, 0.3) is 0 Å². The molecular formula is C21H26INO2. The SMILES string of the molecule is C[C@H]([C@@H](O)c1ccc(O)c(I)c1)N1CCC(Cc2ccccc2)CC1. The third kappa shape index (κ3) is 4.74. The molecule has 0 unspecified atom stereocenters. The van der Waals surface area contributed by atoms with Gasteiger partial charge in [-0.2, -0.15) is 0 Å². The van der Waals surface area contributed by atoms with E-state index in [1.54, 1.807) is 6.07 Å². The number of nitrogens with zero attached hydrogens (tertiary/aromatic N) is 1. The molecule has 2 N–H and O–H groups in total. The van der Waals surface area contributed by atoms with Crippen molar-refractivity contribution in [1.82, 2.24) is 4.90 Å². The molecule has 2 aromatic carbocycles. The van der Waals surface area contributed by atoms with E-state index in [2.05, 4.69) is 64.7 Å². The van der Waals surface area contributed by atoms with Crippen LogP contribution in [0.2, 0.25) is 0 Å². The number of benzene rings is 2. The number of phenols is 1. The third-order valence-corrected chi connectivity index (χ3v) is 6.23. The van der Waals surface area contributed by atoms with Crippen molar-refractivity contribution in [3.63, 3.8) is 0 Å². The fourth-order valence-electron chi connectivity index (χ4n) is 3.70. The van der Waals surface area contributed by atoms with Gasteiger partial charge in [0.15, 0.2) is 0 Å². The fourth-order valence-corrected chi connectivity index (χ4v) is 4.24. The molecule has 0 bridgehead atoms. The van der Waals surface area contributed by atoms with Crippen molar-refractivity contribution in [3.8, 4) is 5.75 Å². The smallest absolute Gasteiger partial charge is 0.128 e. The Morgan fingerprint density at radius 3 is 2.44 bits per heavy atom. The summed E-state index contributed by atoms with van der Waals surface area (Å²) >= 11 is 2.10. The van der Waals surface area contributed by atoms with Crippen LogP contribution in [0.5, 0.6) is 5.75 Å². The largest absolute Gasteiger partial charge is 0.507 e. The minimum Gasteiger partial charge on any atom is -0.507 e. The second kappa shape index (κ2) is 8.52. The number of piperidine rings is 1. The topological polar surface area (TPSA) is 43.7 Å². The van der Waals surface area contributed by atoms with Gasteiger partial charge in [0.05, 0.1) is 9.67 Å². The van der Waals surface area contributed by atoms with Gasteiger partial charge in [-0.05, 0) is 91.0 Å². The van der Waals surface area contributed by atoms with Crippen LogP contribution >= 0.6 is 22.6 Å². The zero-order valence-electron chi connectivity index (χ0n) is 14.6. The predicted molar refractivity (Wildman–Crippen MR) is 110 cm³/mol. The first-order chi connectivity index (χ1) is 12.0. The Balaban J connectivity index is 1.55. The molecule has 1 saturated heterocycles. The van der Waals surface area contributed by atoms with E-state index >= 15 is 0 Å². The number of rotatable bonds is 5. The van der Waals surface area contributed by atoms with Crippen LogP contribution in [-0.4, -0.2) is 34.2 Å². The molecule has 1 fully saturated rings. The monoisotopic (exact) mass is 451 g/mol. The number of aromatic hydroxyl groups is 1. The molecule has 2 atom stereocenters. The number of phenolic OH excluding ortho intramolecular Hbond substituents is 1. The highest BCUT2D eigenvalue weighted by molar-refractivity contribution is 14.1. The molecule has 0 saturated carbocycles. The van der Waals surface area contributed by atoms with Gasteiger partial charge >= 0.3 is 0 Å². The number of likely N-dealkylation sites (tertiary alicyclic amines) is 1. The second-order valence-corrected chi connectivity index (χ2v) is 8.23. The quantitative estimate of drug-likeness (QED) is 0.664. The second-order valence-electron chi connectivity index (χ2n) is 7.07. The molecule has 0 aliphatic carbocycles. The molecule has 3 nitrogen and oxygen atoms in total. The zero-order chi connectivity index (χ0) is 17.8. The molecule has 0 amide bonds. The Morgan fingerprint density at radius 1 is 1.12 bits per heavy atom. The molecule has 2 aromatic rings. The van der Waals surface area contributed by atoms with Gasteiger partial charge in [0.1, 0.15) is 5.75 Å². The van der Waals surface area contributed by atoms with Gasteiger partial charge < -0.3 is 10.2 Å². The highest BCUT2D eigenvalue weighted by Crippen LogP contribution is 2.30. The minimum absolute atomic E-state index is 0.0815. The lowest BCUT2D eigenvalue weighted by Crippen LogP contribution is -2.43. The van der Waals surface area contributed by atoms with E-state index in [9.17, 15) is 10.2 Å². The van der Waals surface area contributed by atoms with E-state index in [4.69, 9.17) is 0 Å². The number of hydrogen-bond donors (Lipinski definition) is 2. The predicted octanol–water partition coefficient (Wildman–Crippen LogP) is 4.37. The Bertz CT molecular complexity index is 684. The van der Waals surface area contributed by atoms with Crippen LogP contribution < -0.4 is 0 Å². The summed E-state index contributed by atoms with van der Waals surface area (Å²) in [4.78, 5) is 2.39. The van der Waals surface area contributed by atoms with E-state index in [1.807, 2.05) is 12.1 Å². The maximum Gasteiger partial charge on any atom is 0.128 e. The summed E-state index contributed by atoms with van der Waals surface area (Å²) in [7, 11) is 0. The van der Waals surface area contributed by atoms with E-state index in [0.29, 0.717) is 0 Å². The average Bonchev–Trinajstić information content (AvgIpc) is 2.64. The van der Waals surface area contributed by atoms with Crippen molar-refractivity contribution in [3.05, 3.63) is 63.2 Å². The van der Waals surface area contributed by atoms with Crippen molar-refractivity contribution in [2.24, 2.45) is 5.92 Å². The van der Waals surface area contributed by atoms with Crippen LogP contribution in [0.3, 0.4) is 0 Å². The third-order valence-electron chi connectivity index (χ3n) is 5.36. The summed E-state index contributed by atoms with van der Waals surface area (Å²) in [5.41, 5.74) is 2.30. The standard InChI is InChI=1S/C21H26INO2/c1-15(21(25)18-7-8-20(24)19(22)14-18)23-11-9-17(10-12-23)13-16-5-3-2-4-6-16/h2-8,14-15,17,21,24-25H,9-13H2,1H3/t15-,21-/m1/s1. The van der Waals surface area contributed by atoms with Crippen LogP contribution in [-0.2, 0) is 6.42 Å². The van der Waals surface area contributed by atoms with Crippen molar-refractivity contribution in [2.45, 2.75) is 38.3 Å². The molecule has 1 aliphatic rings. The molecule has 4 heteroatoms. The van der Waals surface area contributed by atoms with Gasteiger partial charge in [-0.15, -0.1) is 0 Å². The van der Waals surface area contributed by atoms with Crippen molar-refractivity contribution < 1.29 is 10.2 Å². The summed E-state index contributed by atoms with van der Waals surface area (Å²) < 4.78 is 0.780. The number of aliphatic hydroxyl groups is 1. The first kappa shape index (κ1) is 18.7. The van der Waals surface area contributed by atoms with E-state index < -0.39 is 6.10 Å². The Labute approximate surface area is 163 Å². The van der Waals surface area contributed by atoms with E-state index in [-0.39, 0.29) is 11.8 Å². The summed E-state index contributed by atoms with van der Waals surface area (Å²) in [5.74, 6) is 1.00. The molecule has 134 valence electrons. The van der Waals surface area contributed by atoms with E-state index in [1.165, 1.54) is 18.4 Å². The molecule has 1 aliphatic heterocycles. The van der Waals surface area contributed by atoms with Gasteiger partial charge in [-0.25, -0.2) is 0 Å². The lowest BCUT2D eigenvalue weighted by molar-refractivity contribution is 0.0373. The lowest BCUT2D eigenvalue weighted by Gasteiger charge is -2.38. The van der Waals surface area contributed by atoms with Crippen molar-refractivity contribution >= 4 is 22.6 Å². The first-order valence-electron chi connectivity index (χ1n) is 8.99. The van der Waals surface area contributed by atoms with Crippen LogP contribution in [0, 0.1) is 9.49 Å². The Kier molecular flexibility index (Phi) is 6.36. The summed E-state index contributed by atoms with van der Waals surface area (Å²) in [6.07, 6.45) is 2.99. The Morgan fingerprint density at radius 2 is 1.80 bits per heavy atom. The van der Waals surface area contributed by atoms with Crippen molar-refractivity contribution in [1.29, 1.82) is 0 Å². The number of hydrogen-bond acceptors (Lipinski definition) is 3. The summed E-state index contributed by atoms with van der Waals surface area (Å²) in [6, 6.07) is 16.2. The maximum absolute atomic E-state index is 10.7. The van der Waals surface area contributed by atoms with Gasteiger partial charge in [0, 0.05) is 6.04 Å². The normalized spacial score (nSPS) is 18.8. The van der Waals surface area contributed by atoms with Crippen LogP contribution in [0.25, 0.3) is 0 Å². The van der Waals surface area contributed by atoms with Crippen molar-refractivity contribution in [2.75, 3.05) is 13.1 Å². The molecule has 25 heavy (non-hydrogen) atoms. The fraction of sp³-hybridized carbons (Fsp3) is 0.429. The highest BCUT2D eigenvalue weighted by Gasteiger charge is 2.27. The number of aliphatic hydroxyl groups excluding tert-OH is 1. The van der Waals surface area contributed by atoms with Gasteiger partial charge in [0.2, 0.25) is 0 Å². The molecule has 0 radical (unpaired) electrons. The molecule has 0 spiro atoms. The molecule has 0 aromatic heterocycles. The van der Waals surface area contributed by atoms with Crippen LogP contribution in [0.4, 0.5) is 0 Å². The van der Waals surface area contributed by atoms with Gasteiger partial charge in [-0.3, -0.25) is 4.90 Å². The zero-order valence-corrected chi connectivity index (χ0v) is 16.8.